The molecule has 4 aliphatic carbocycles. The molecule has 1 N–H and O–H groups in total. The maximum absolute atomic E-state index is 13.5. The number of fused-ring (bicyclic) bond motifs is 2. The molecule has 0 saturated heterocycles. The van der Waals surface area contributed by atoms with Crippen molar-refractivity contribution in [1.82, 2.24) is 9.78 Å². The van der Waals surface area contributed by atoms with Crippen molar-refractivity contribution in [3.63, 3.8) is 0 Å². The number of nitrogens with zero attached hydrogens (tertiary/aromatic N) is 2. The number of halogens is 1. The molecule has 0 amide bonds. The van der Waals surface area contributed by atoms with E-state index in [1.54, 1.807) is 24.3 Å². The zero-order valence-electron chi connectivity index (χ0n) is 20.7. The van der Waals surface area contributed by atoms with Crippen LogP contribution in [0.2, 0.25) is 0 Å². The fraction of sp³-hybridized carbons (Fsp3) is 0.433. The predicted molar refractivity (Wildman–Crippen MR) is 140 cm³/mol. The minimum atomic E-state index is -3.30. The van der Waals surface area contributed by atoms with Crippen LogP contribution >= 0.6 is 0 Å². The van der Waals surface area contributed by atoms with E-state index in [1.165, 1.54) is 17.7 Å². The van der Waals surface area contributed by atoms with Gasteiger partial charge in [-0.05, 0) is 111 Å². The van der Waals surface area contributed by atoms with Gasteiger partial charge < -0.3 is 5.11 Å². The van der Waals surface area contributed by atoms with E-state index in [9.17, 15) is 17.9 Å². The molecule has 0 radical (unpaired) electrons. The molecule has 7 heteroatoms. The third-order valence-corrected chi connectivity index (χ3v) is 11.6. The molecule has 7 rings (SSSR count). The monoisotopic (exact) mass is 518 g/mol. The second kappa shape index (κ2) is 8.11. The number of hydrogen-bond donors (Lipinski definition) is 1. The highest BCUT2D eigenvalue weighted by Gasteiger charge is 2.63. The summed E-state index contributed by atoms with van der Waals surface area (Å²) in [6, 6.07) is 13.7. The molecular formula is C30H31FN2O3S. The average Bonchev–Trinajstić information content (AvgIpc) is 3.83. The van der Waals surface area contributed by atoms with Gasteiger partial charge in [-0.25, -0.2) is 17.5 Å². The summed E-state index contributed by atoms with van der Waals surface area (Å²) in [7, 11) is -3.30. The SMILES string of the molecule is O=S(=O)(c1ccccc1CC[C@]1(O)CCC2=Cc3c(cnn3-c3ccc(F)cc3)C[C@@]21C1CC1)C1CC1. The molecule has 0 spiro atoms. The topological polar surface area (TPSA) is 72.2 Å². The van der Waals surface area contributed by atoms with Crippen molar-refractivity contribution in [1.29, 1.82) is 0 Å². The van der Waals surface area contributed by atoms with Crippen LogP contribution in [0.5, 0.6) is 0 Å². The Labute approximate surface area is 216 Å². The highest BCUT2D eigenvalue weighted by Crippen LogP contribution is 2.66. The van der Waals surface area contributed by atoms with Gasteiger partial charge >= 0.3 is 0 Å². The van der Waals surface area contributed by atoms with Crippen LogP contribution in [0, 0.1) is 17.2 Å². The van der Waals surface area contributed by atoms with Crippen LogP contribution < -0.4 is 0 Å². The molecule has 1 heterocycles. The molecule has 3 aromatic rings. The van der Waals surface area contributed by atoms with E-state index in [-0.39, 0.29) is 16.5 Å². The molecule has 3 saturated carbocycles. The summed E-state index contributed by atoms with van der Waals surface area (Å²) in [6.45, 7) is 0. The molecule has 0 aliphatic heterocycles. The quantitative estimate of drug-likeness (QED) is 0.452. The smallest absolute Gasteiger partial charge is 0.181 e. The van der Waals surface area contributed by atoms with Crippen LogP contribution in [-0.4, -0.2) is 34.2 Å². The van der Waals surface area contributed by atoms with Gasteiger partial charge in [-0.1, -0.05) is 23.8 Å². The first kappa shape index (κ1) is 23.4. The lowest BCUT2D eigenvalue weighted by molar-refractivity contribution is -0.0661. The summed E-state index contributed by atoms with van der Waals surface area (Å²) in [5.41, 5.74) is 3.83. The standard InChI is InChI=1S/C30H31FN2O3S/c31-24-7-9-25(10-8-24)33-27-17-23-14-16-29(34,30(23,22-5-6-22)18-21(27)19-32-33)15-13-20-3-1-2-4-28(20)37(35,36)26-11-12-26/h1-4,7-10,17,19,22,26,34H,5-6,11-16,18H2/t29-,30+/m0/s1. The van der Waals surface area contributed by atoms with Crippen molar-refractivity contribution in [3.8, 4) is 5.69 Å². The third-order valence-electron chi connectivity index (χ3n) is 9.27. The maximum atomic E-state index is 13.5. The largest absolute Gasteiger partial charge is 0.389 e. The first-order chi connectivity index (χ1) is 17.8. The molecule has 3 fully saturated rings. The highest BCUT2D eigenvalue weighted by atomic mass is 32.2. The molecule has 5 nitrogen and oxygen atoms in total. The molecular weight excluding hydrogens is 487 g/mol. The lowest BCUT2D eigenvalue weighted by Crippen LogP contribution is -2.49. The van der Waals surface area contributed by atoms with Gasteiger partial charge in [0.2, 0.25) is 0 Å². The zero-order chi connectivity index (χ0) is 25.4. The lowest BCUT2D eigenvalue weighted by atomic mass is 9.61. The Bertz CT molecular complexity index is 1520. The van der Waals surface area contributed by atoms with Crippen molar-refractivity contribution in [3.05, 3.63) is 82.9 Å². The molecule has 4 aliphatic rings. The Morgan fingerprint density at radius 1 is 1.05 bits per heavy atom. The number of sulfone groups is 1. The van der Waals surface area contributed by atoms with E-state index in [4.69, 9.17) is 0 Å². The van der Waals surface area contributed by atoms with Crippen molar-refractivity contribution >= 4 is 15.9 Å². The molecule has 0 bridgehead atoms. The van der Waals surface area contributed by atoms with Crippen molar-refractivity contribution in [2.75, 3.05) is 0 Å². The highest BCUT2D eigenvalue weighted by molar-refractivity contribution is 7.92. The first-order valence-electron chi connectivity index (χ1n) is 13.4. The van der Waals surface area contributed by atoms with Gasteiger partial charge in [0.15, 0.2) is 9.84 Å². The summed E-state index contributed by atoms with van der Waals surface area (Å²) in [6.07, 6.45) is 11.1. The van der Waals surface area contributed by atoms with Gasteiger partial charge in [0.05, 0.1) is 33.3 Å². The lowest BCUT2D eigenvalue weighted by Gasteiger charge is -2.46. The maximum Gasteiger partial charge on any atom is 0.181 e. The van der Waals surface area contributed by atoms with Gasteiger partial charge in [-0.3, -0.25) is 0 Å². The Hall–Kier alpha value is -2.77. The van der Waals surface area contributed by atoms with Crippen molar-refractivity contribution in [2.45, 2.75) is 73.5 Å². The molecule has 2 atom stereocenters. The minimum absolute atomic E-state index is 0.245. The third kappa shape index (κ3) is 3.57. The van der Waals surface area contributed by atoms with Crippen LogP contribution in [-0.2, 0) is 22.7 Å². The van der Waals surface area contributed by atoms with Gasteiger partial charge in [-0.2, -0.15) is 5.10 Å². The fourth-order valence-electron chi connectivity index (χ4n) is 7.10. The molecule has 1 aromatic heterocycles. The van der Waals surface area contributed by atoms with E-state index in [0.717, 1.165) is 61.0 Å². The van der Waals surface area contributed by atoms with Crippen LogP contribution in [0.4, 0.5) is 4.39 Å². The van der Waals surface area contributed by atoms with E-state index in [1.807, 2.05) is 23.0 Å². The summed E-state index contributed by atoms with van der Waals surface area (Å²) < 4.78 is 41.5. The van der Waals surface area contributed by atoms with Gasteiger partial charge in [0, 0.05) is 5.41 Å². The Morgan fingerprint density at radius 3 is 2.54 bits per heavy atom. The van der Waals surface area contributed by atoms with Crippen LogP contribution in [0.25, 0.3) is 11.8 Å². The van der Waals surface area contributed by atoms with Gasteiger partial charge in [0.1, 0.15) is 5.82 Å². The summed E-state index contributed by atoms with van der Waals surface area (Å²) >= 11 is 0. The summed E-state index contributed by atoms with van der Waals surface area (Å²) in [5.74, 6) is 0.155. The fourth-order valence-corrected chi connectivity index (χ4v) is 9.02. The van der Waals surface area contributed by atoms with Crippen molar-refractivity contribution in [2.24, 2.45) is 11.3 Å². The Kier molecular flexibility index (Phi) is 5.12. The number of hydrogen-bond acceptors (Lipinski definition) is 4. The summed E-state index contributed by atoms with van der Waals surface area (Å²) in [5, 5.41) is 16.7. The van der Waals surface area contributed by atoms with Crippen LogP contribution in [0.3, 0.4) is 0 Å². The normalized spacial score (nSPS) is 27.0. The number of benzene rings is 2. The first-order valence-corrected chi connectivity index (χ1v) is 14.9. The van der Waals surface area contributed by atoms with Crippen LogP contribution in [0.1, 0.15) is 61.8 Å². The minimum Gasteiger partial charge on any atom is -0.389 e. The van der Waals surface area contributed by atoms with Gasteiger partial charge in [-0.15, -0.1) is 0 Å². The van der Waals surface area contributed by atoms with E-state index < -0.39 is 15.4 Å². The molecule has 37 heavy (non-hydrogen) atoms. The van der Waals surface area contributed by atoms with E-state index in [2.05, 4.69) is 11.2 Å². The van der Waals surface area contributed by atoms with Crippen LogP contribution in [0.15, 0.2) is 65.2 Å². The van der Waals surface area contributed by atoms with Gasteiger partial charge in [0.25, 0.3) is 0 Å². The zero-order valence-corrected chi connectivity index (χ0v) is 21.6. The number of aryl methyl sites for hydroxylation is 1. The molecule has 0 unspecified atom stereocenters. The van der Waals surface area contributed by atoms with E-state index in [0.29, 0.717) is 30.1 Å². The predicted octanol–water partition coefficient (Wildman–Crippen LogP) is 5.44. The van der Waals surface area contributed by atoms with E-state index >= 15 is 0 Å². The number of rotatable bonds is 7. The Morgan fingerprint density at radius 2 is 1.81 bits per heavy atom. The number of aromatic nitrogens is 2. The second-order valence-electron chi connectivity index (χ2n) is 11.4. The molecule has 192 valence electrons. The Balaban J connectivity index is 1.22. The average molecular weight is 519 g/mol. The summed E-state index contributed by atoms with van der Waals surface area (Å²) in [4.78, 5) is 0.446. The van der Waals surface area contributed by atoms with Crippen molar-refractivity contribution < 1.29 is 17.9 Å². The molecule has 2 aromatic carbocycles. The second-order valence-corrected chi connectivity index (χ2v) is 13.6. The number of aliphatic hydroxyl groups is 1.